The van der Waals surface area contributed by atoms with Crippen LogP contribution in [-0.2, 0) is 4.79 Å². The molecule has 96 valence electrons. The third-order valence-corrected chi connectivity index (χ3v) is 5.65. The van der Waals surface area contributed by atoms with Crippen LogP contribution in [0.2, 0.25) is 0 Å². The third-order valence-electron chi connectivity index (χ3n) is 5.65. The molecule has 0 heterocycles. The molecular weight excluding hydrogens is 216 g/mol. The van der Waals surface area contributed by atoms with Crippen LogP contribution in [0.15, 0.2) is 0 Å². The van der Waals surface area contributed by atoms with Gasteiger partial charge in [-0.25, -0.2) is 0 Å². The summed E-state index contributed by atoms with van der Waals surface area (Å²) < 4.78 is 0. The predicted octanol–water partition coefficient (Wildman–Crippen LogP) is 2.43. The van der Waals surface area contributed by atoms with Crippen LogP contribution in [-0.4, -0.2) is 21.8 Å². The van der Waals surface area contributed by atoms with Crippen LogP contribution in [0.5, 0.6) is 0 Å². The van der Waals surface area contributed by atoms with Gasteiger partial charge >= 0.3 is 5.97 Å². The van der Waals surface area contributed by atoms with Gasteiger partial charge in [-0.3, -0.25) is 4.79 Å². The molecule has 17 heavy (non-hydrogen) atoms. The number of aliphatic carboxylic acids is 1. The topological polar surface area (TPSA) is 57.5 Å². The second-order valence-electron chi connectivity index (χ2n) is 7.47. The van der Waals surface area contributed by atoms with Crippen molar-refractivity contribution in [1.82, 2.24) is 0 Å². The largest absolute Gasteiger partial charge is 0.481 e. The Morgan fingerprint density at radius 1 is 1.24 bits per heavy atom. The molecule has 0 aromatic rings. The zero-order valence-corrected chi connectivity index (χ0v) is 10.7. The molecule has 0 aromatic carbocycles. The highest BCUT2D eigenvalue weighted by molar-refractivity contribution is 5.70. The van der Waals surface area contributed by atoms with Gasteiger partial charge in [0.25, 0.3) is 0 Å². The van der Waals surface area contributed by atoms with Crippen LogP contribution in [0.4, 0.5) is 0 Å². The Morgan fingerprint density at radius 3 is 2.47 bits per heavy atom. The standard InChI is InChI=1S/C14H22O3/c1-9(11(15)16)13-4-10-3-12(2,6-13)7-14(17,5-10)8-13/h9-10,17H,3-8H2,1-2H3,(H,15,16). The van der Waals surface area contributed by atoms with Crippen molar-refractivity contribution in [3.05, 3.63) is 0 Å². The van der Waals surface area contributed by atoms with Crippen molar-refractivity contribution >= 4 is 5.97 Å². The second-order valence-corrected chi connectivity index (χ2v) is 7.47. The van der Waals surface area contributed by atoms with E-state index in [1.54, 1.807) is 0 Å². The lowest BCUT2D eigenvalue weighted by atomic mass is 9.41. The highest BCUT2D eigenvalue weighted by atomic mass is 16.4. The monoisotopic (exact) mass is 238 g/mol. The average molecular weight is 238 g/mol. The van der Waals surface area contributed by atoms with E-state index in [0.717, 1.165) is 25.7 Å². The van der Waals surface area contributed by atoms with Gasteiger partial charge in [0.2, 0.25) is 0 Å². The summed E-state index contributed by atoms with van der Waals surface area (Å²) in [6.07, 6.45) is 5.68. The molecule has 4 aliphatic carbocycles. The van der Waals surface area contributed by atoms with Gasteiger partial charge in [-0.2, -0.15) is 0 Å². The van der Waals surface area contributed by atoms with Crippen molar-refractivity contribution in [2.45, 2.75) is 58.0 Å². The van der Waals surface area contributed by atoms with Gasteiger partial charge in [-0.15, -0.1) is 0 Å². The second kappa shape index (κ2) is 3.05. The Kier molecular flexibility index (Phi) is 2.07. The zero-order valence-electron chi connectivity index (χ0n) is 10.7. The number of carboxylic acids is 1. The maximum absolute atomic E-state index is 11.3. The van der Waals surface area contributed by atoms with Gasteiger partial charge in [-0.1, -0.05) is 13.8 Å². The summed E-state index contributed by atoms with van der Waals surface area (Å²) >= 11 is 0. The van der Waals surface area contributed by atoms with Crippen molar-refractivity contribution in [3.63, 3.8) is 0 Å². The molecule has 2 N–H and O–H groups in total. The van der Waals surface area contributed by atoms with Crippen molar-refractivity contribution < 1.29 is 15.0 Å². The quantitative estimate of drug-likeness (QED) is 0.776. The van der Waals surface area contributed by atoms with Crippen molar-refractivity contribution in [2.75, 3.05) is 0 Å². The number of aliphatic hydroxyl groups is 1. The highest BCUT2D eigenvalue weighted by Crippen LogP contribution is 2.68. The minimum atomic E-state index is -0.695. The molecule has 5 atom stereocenters. The predicted molar refractivity (Wildman–Crippen MR) is 63.5 cm³/mol. The summed E-state index contributed by atoms with van der Waals surface area (Å²) in [4.78, 5) is 11.3. The molecule has 4 fully saturated rings. The molecule has 4 aliphatic rings. The highest BCUT2D eigenvalue weighted by Gasteiger charge is 2.63. The first-order chi connectivity index (χ1) is 7.76. The van der Waals surface area contributed by atoms with E-state index < -0.39 is 11.6 Å². The molecule has 0 saturated heterocycles. The molecule has 3 heteroatoms. The number of hydrogen-bond acceptors (Lipinski definition) is 2. The van der Waals surface area contributed by atoms with E-state index in [9.17, 15) is 15.0 Å². The normalized spacial score (nSPS) is 53.7. The summed E-state index contributed by atoms with van der Waals surface area (Å²) in [7, 11) is 0. The number of hydrogen-bond donors (Lipinski definition) is 2. The maximum Gasteiger partial charge on any atom is 0.306 e. The van der Waals surface area contributed by atoms with Gasteiger partial charge in [0.1, 0.15) is 0 Å². The van der Waals surface area contributed by atoms with Crippen LogP contribution in [0.1, 0.15) is 52.4 Å². The molecule has 3 nitrogen and oxygen atoms in total. The number of rotatable bonds is 2. The van der Waals surface area contributed by atoms with E-state index in [4.69, 9.17) is 0 Å². The van der Waals surface area contributed by atoms with Gasteiger partial charge in [-0.05, 0) is 55.3 Å². The summed E-state index contributed by atoms with van der Waals surface area (Å²) in [6.45, 7) is 4.08. The fourth-order valence-corrected chi connectivity index (χ4v) is 5.69. The fourth-order valence-electron chi connectivity index (χ4n) is 5.69. The molecule has 0 radical (unpaired) electrons. The zero-order chi connectivity index (χ0) is 12.5. The Morgan fingerprint density at radius 2 is 1.94 bits per heavy atom. The van der Waals surface area contributed by atoms with Gasteiger partial charge in [0.05, 0.1) is 11.5 Å². The molecule has 0 amide bonds. The Hall–Kier alpha value is -0.570. The SMILES string of the molecule is CC(C(=O)O)C12CC3CC(C)(CC(O)(C3)C1)C2. The van der Waals surface area contributed by atoms with E-state index in [1.165, 1.54) is 6.42 Å². The fraction of sp³-hybridized carbons (Fsp3) is 0.929. The smallest absolute Gasteiger partial charge is 0.306 e. The summed E-state index contributed by atoms with van der Waals surface area (Å²) in [5.74, 6) is -0.473. The minimum Gasteiger partial charge on any atom is -0.481 e. The average Bonchev–Trinajstić information content (AvgIpc) is 2.10. The lowest BCUT2D eigenvalue weighted by molar-refractivity contribution is -0.212. The van der Waals surface area contributed by atoms with Gasteiger partial charge in [0.15, 0.2) is 0 Å². The Bertz CT molecular complexity index is 358. The molecule has 0 aromatic heterocycles. The summed E-state index contributed by atoms with van der Waals surface area (Å²) in [6, 6.07) is 0. The van der Waals surface area contributed by atoms with Crippen molar-refractivity contribution in [3.8, 4) is 0 Å². The first-order valence-corrected chi connectivity index (χ1v) is 6.71. The van der Waals surface area contributed by atoms with Crippen LogP contribution < -0.4 is 0 Å². The van der Waals surface area contributed by atoms with Crippen molar-refractivity contribution in [1.29, 1.82) is 0 Å². The maximum atomic E-state index is 11.3. The lowest BCUT2D eigenvalue weighted by Gasteiger charge is -2.65. The Labute approximate surface area is 102 Å². The molecule has 5 unspecified atom stereocenters. The molecule has 0 spiro atoms. The third kappa shape index (κ3) is 1.55. The van der Waals surface area contributed by atoms with Crippen LogP contribution >= 0.6 is 0 Å². The molecular formula is C14H22O3. The summed E-state index contributed by atoms with van der Waals surface area (Å²) in [5, 5.41) is 20.0. The first kappa shape index (κ1) is 11.5. The van der Waals surface area contributed by atoms with Crippen LogP contribution in [0.25, 0.3) is 0 Å². The van der Waals surface area contributed by atoms with Gasteiger partial charge in [0, 0.05) is 0 Å². The summed E-state index contributed by atoms with van der Waals surface area (Å²) in [5.41, 5.74) is -0.537. The van der Waals surface area contributed by atoms with E-state index in [-0.39, 0.29) is 16.7 Å². The van der Waals surface area contributed by atoms with E-state index in [1.807, 2.05) is 6.92 Å². The van der Waals surface area contributed by atoms with Crippen molar-refractivity contribution in [2.24, 2.45) is 22.7 Å². The van der Waals surface area contributed by atoms with E-state index in [0.29, 0.717) is 12.3 Å². The molecule has 4 saturated carbocycles. The van der Waals surface area contributed by atoms with E-state index in [2.05, 4.69) is 6.92 Å². The molecule has 4 rings (SSSR count). The van der Waals surface area contributed by atoms with Gasteiger partial charge < -0.3 is 10.2 Å². The van der Waals surface area contributed by atoms with Crippen LogP contribution in [0, 0.1) is 22.7 Å². The Balaban J connectivity index is 2.00. The van der Waals surface area contributed by atoms with Crippen LogP contribution in [0.3, 0.4) is 0 Å². The molecule has 4 bridgehead atoms. The molecule has 0 aliphatic heterocycles. The lowest BCUT2D eigenvalue weighted by Crippen LogP contribution is -2.61. The minimum absolute atomic E-state index is 0.144. The van der Waals surface area contributed by atoms with E-state index >= 15 is 0 Å². The first-order valence-electron chi connectivity index (χ1n) is 6.71. The number of carboxylic acid groups (broad SMARTS) is 1. The number of carbonyl (C=O) groups is 1.